The summed E-state index contributed by atoms with van der Waals surface area (Å²) in [5.41, 5.74) is 6.14. The summed E-state index contributed by atoms with van der Waals surface area (Å²) < 4.78 is 1.55. The van der Waals surface area contributed by atoms with Crippen LogP contribution in [0.1, 0.15) is 5.56 Å². The van der Waals surface area contributed by atoms with E-state index in [1.807, 2.05) is 0 Å². The fourth-order valence-electron chi connectivity index (χ4n) is 1.11. The maximum Gasteiger partial charge on any atom is 0.320 e. The van der Waals surface area contributed by atoms with Gasteiger partial charge in [0.1, 0.15) is 11.8 Å². The number of aromatic hydroxyl groups is 1. The number of halogens is 3. The van der Waals surface area contributed by atoms with Crippen molar-refractivity contribution in [1.29, 1.82) is 0 Å². The normalized spacial score (nSPS) is 12.5. The number of phenols is 1. The lowest BCUT2D eigenvalue weighted by Gasteiger charge is -2.12. The lowest BCUT2D eigenvalue weighted by molar-refractivity contribution is -0.138. The second-order valence-corrected chi connectivity index (χ2v) is 5.58. The highest BCUT2D eigenvalue weighted by Gasteiger charge is 2.18. The lowest BCUT2D eigenvalue weighted by atomic mass is 10.1. The second kappa shape index (κ2) is 5.48. The molecular weight excluding hydrogens is 410 g/mol. The van der Waals surface area contributed by atoms with Crippen molar-refractivity contribution in [3.8, 4) is 5.75 Å². The summed E-state index contributed by atoms with van der Waals surface area (Å²) in [6.45, 7) is 0. The van der Waals surface area contributed by atoms with Crippen molar-refractivity contribution in [3.63, 3.8) is 0 Å². The van der Waals surface area contributed by atoms with E-state index < -0.39 is 12.0 Å². The summed E-state index contributed by atoms with van der Waals surface area (Å²) in [5, 5.41) is 18.3. The Morgan fingerprint density at radius 1 is 1.38 bits per heavy atom. The average molecular weight is 418 g/mol. The largest absolute Gasteiger partial charge is 0.506 e. The van der Waals surface area contributed by atoms with E-state index in [0.717, 1.165) is 0 Å². The number of carboxylic acids is 1. The first-order valence-electron chi connectivity index (χ1n) is 4.18. The van der Waals surface area contributed by atoms with Crippen molar-refractivity contribution in [1.82, 2.24) is 0 Å². The monoisotopic (exact) mass is 415 g/mol. The van der Waals surface area contributed by atoms with Crippen LogP contribution in [-0.4, -0.2) is 22.2 Å². The number of carboxylic acid groups (broad SMARTS) is 1. The van der Waals surface area contributed by atoms with Crippen molar-refractivity contribution < 1.29 is 15.0 Å². The van der Waals surface area contributed by atoms with Gasteiger partial charge in [-0.15, -0.1) is 0 Å². The molecule has 0 saturated carbocycles. The van der Waals surface area contributed by atoms with Crippen LogP contribution in [0.3, 0.4) is 0 Å². The summed E-state index contributed by atoms with van der Waals surface area (Å²) in [7, 11) is 0. The van der Waals surface area contributed by atoms with E-state index >= 15 is 0 Å². The van der Waals surface area contributed by atoms with Gasteiger partial charge in [-0.3, -0.25) is 4.79 Å². The lowest BCUT2D eigenvalue weighted by Crippen LogP contribution is -2.32. The number of carbonyl (C=O) groups is 1. The molecule has 1 aromatic rings. The highest BCUT2D eigenvalue weighted by molar-refractivity contribution is 9.13. The van der Waals surface area contributed by atoms with Gasteiger partial charge >= 0.3 is 5.97 Å². The van der Waals surface area contributed by atoms with Crippen LogP contribution in [0.15, 0.2) is 19.5 Å². The summed E-state index contributed by atoms with van der Waals surface area (Å²) in [4.78, 5) is 10.6. The molecule has 1 unspecified atom stereocenters. The number of hydrogen-bond donors (Lipinski definition) is 3. The third kappa shape index (κ3) is 2.97. The number of phenolic OH excluding ortho intramolecular Hbond substituents is 1. The van der Waals surface area contributed by atoms with Crippen molar-refractivity contribution >= 4 is 53.8 Å². The maximum atomic E-state index is 10.6. The summed E-state index contributed by atoms with van der Waals surface area (Å²) in [6, 6.07) is 0.659. The molecule has 16 heavy (non-hydrogen) atoms. The van der Waals surface area contributed by atoms with Crippen molar-refractivity contribution in [3.05, 3.63) is 25.0 Å². The third-order valence-corrected chi connectivity index (χ3v) is 4.78. The van der Waals surface area contributed by atoms with Gasteiger partial charge < -0.3 is 15.9 Å². The van der Waals surface area contributed by atoms with Gasteiger partial charge in [-0.25, -0.2) is 0 Å². The summed E-state index contributed by atoms with van der Waals surface area (Å²) in [6.07, 6.45) is 0.174. The summed E-state index contributed by atoms with van der Waals surface area (Å²) >= 11 is 9.63. The van der Waals surface area contributed by atoms with E-state index in [1.165, 1.54) is 0 Å². The number of nitrogens with two attached hydrogens (primary N) is 1. The van der Waals surface area contributed by atoms with Crippen LogP contribution in [0.5, 0.6) is 5.75 Å². The first kappa shape index (κ1) is 14.0. The molecule has 1 rings (SSSR count). The zero-order chi connectivity index (χ0) is 12.5. The van der Waals surface area contributed by atoms with Crippen LogP contribution < -0.4 is 5.73 Å². The van der Waals surface area contributed by atoms with Gasteiger partial charge in [-0.1, -0.05) is 0 Å². The van der Waals surface area contributed by atoms with Gasteiger partial charge in [-0.2, -0.15) is 0 Å². The number of benzene rings is 1. The third-order valence-electron chi connectivity index (χ3n) is 1.97. The molecule has 0 radical (unpaired) electrons. The molecule has 4 N–H and O–H groups in total. The Bertz CT molecular complexity index is 436. The van der Waals surface area contributed by atoms with E-state index in [4.69, 9.17) is 10.8 Å². The Morgan fingerprint density at radius 3 is 2.44 bits per heavy atom. The first-order chi connectivity index (χ1) is 7.34. The number of aliphatic carboxylic acids is 1. The van der Waals surface area contributed by atoms with Gasteiger partial charge in [0.05, 0.1) is 8.95 Å². The zero-order valence-electron chi connectivity index (χ0n) is 7.88. The minimum absolute atomic E-state index is 0.0551. The van der Waals surface area contributed by atoms with Gasteiger partial charge in [0.25, 0.3) is 0 Å². The molecular formula is C9H8Br3NO3. The molecule has 0 fully saturated rings. The molecule has 0 aliphatic heterocycles. The average Bonchev–Trinajstić information content (AvgIpc) is 2.22. The standard InChI is InChI=1S/C9H8Br3NO3/c10-4-1-3(2-5(13)9(15)16)6(11)7(12)8(4)14/h1,5,14H,2,13H2,(H,15,16). The van der Waals surface area contributed by atoms with Crippen LogP contribution in [0.4, 0.5) is 0 Å². The molecule has 0 aliphatic carbocycles. The second-order valence-electron chi connectivity index (χ2n) is 3.14. The van der Waals surface area contributed by atoms with Gasteiger partial charge in [0.15, 0.2) is 0 Å². The molecule has 1 aromatic carbocycles. The minimum atomic E-state index is -1.06. The van der Waals surface area contributed by atoms with Crippen LogP contribution in [0, 0.1) is 0 Å². The van der Waals surface area contributed by atoms with E-state index in [0.29, 0.717) is 19.0 Å². The summed E-state index contributed by atoms with van der Waals surface area (Å²) in [5.74, 6) is -1.01. The van der Waals surface area contributed by atoms with E-state index in [-0.39, 0.29) is 12.2 Å². The molecule has 7 heteroatoms. The Morgan fingerprint density at radius 2 is 1.94 bits per heavy atom. The fraction of sp³-hybridized carbons (Fsp3) is 0.222. The molecule has 88 valence electrons. The van der Waals surface area contributed by atoms with Crippen molar-refractivity contribution in [2.45, 2.75) is 12.5 Å². The first-order valence-corrected chi connectivity index (χ1v) is 6.56. The van der Waals surface area contributed by atoms with Crippen LogP contribution in [0.25, 0.3) is 0 Å². The molecule has 0 saturated heterocycles. The predicted octanol–water partition coefficient (Wildman–Crippen LogP) is 2.63. The maximum absolute atomic E-state index is 10.6. The van der Waals surface area contributed by atoms with E-state index in [2.05, 4.69) is 47.8 Å². The van der Waals surface area contributed by atoms with Gasteiger partial charge in [-0.05, 0) is 65.8 Å². The Labute approximate surface area is 117 Å². The zero-order valence-corrected chi connectivity index (χ0v) is 12.6. The van der Waals surface area contributed by atoms with Crippen molar-refractivity contribution in [2.24, 2.45) is 5.73 Å². The van der Waals surface area contributed by atoms with Crippen LogP contribution in [0.2, 0.25) is 0 Å². The molecule has 0 heterocycles. The van der Waals surface area contributed by atoms with Gasteiger partial charge in [0.2, 0.25) is 0 Å². The van der Waals surface area contributed by atoms with E-state index in [1.54, 1.807) is 6.07 Å². The molecule has 0 bridgehead atoms. The molecule has 0 amide bonds. The number of hydrogen-bond acceptors (Lipinski definition) is 3. The minimum Gasteiger partial charge on any atom is -0.506 e. The quantitative estimate of drug-likeness (QED) is 0.660. The Hall–Kier alpha value is -0.110. The fourth-order valence-corrected chi connectivity index (χ4v) is 2.78. The molecule has 0 spiro atoms. The predicted molar refractivity (Wildman–Crippen MR) is 70.5 cm³/mol. The van der Waals surface area contributed by atoms with E-state index in [9.17, 15) is 9.90 Å². The molecule has 4 nitrogen and oxygen atoms in total. The van der Waals surface area contributed by atoms with Crippen LogP contribution >= 0.6 is 47.8 Å². The smallest absolute Gasteiger partial charge is 0.320 e. The van der Waals surface area contributed by atoms with Crippen LogP contribution in [-0.2, 0) is 11.2 Å². The highest BCUT2D eigenvalue weighted by Crippen LogP contribution is 2.40. The molecule has 0 aliphatic rings. The molecule has 1 atom stereocenters. The topological polar surface area (TPSA) is 83.5 Å². The Kier molecular flexibility index (Phi) is 4.78. The highest BCUT2D eigenvalue weighted by atomic mass is 79.9. The SMILES string of the molecule is NC(Cc1cc(Br)c(O)c(Br)c1Br)C(=O)O. The number of rotatable bonds is 3. The van der Waals surface area contributed by atoms with Crippen molar-refractivity contribution in [2.75, 3.05) is 0 Å². The molecule has 0 aromatic heterocycles. The van der Waals surface area contributed by atoms with Gasteiger partial charge in [0, 0.05) is 4.47 Å². The Balaban J connectivity index is 3.11.